The zero-order chi connectivity index (χ0) is 14.2. The summed E-state index contributed by atoms with van der Waals surface area (Å²) in [6, 6.07) is 2.75. The van der Waals surface area contributed by atoms with Gasteiger partial charge >= 0.3 is 11.9 Å². The molecule has 0 atom stereocenters. The standard InChI is InChI=1S/C13H14O6/c1-18-9-6-10(19-2)8(5-7(9)11(14)15)13(3-4-13)12(16)17/h5-6H,3-4H2,1-2H3,(H,14,15)(H,16,17). The number of hydrogen-bond acceptors (Lipinski definition) is 4. The Labute approximate surface area is 109 Å². The molecular weight excluding hydrogens is 252 g/mol. The Morgan fingerprint density at radius 2 is 1.68 bits per heavy atom. The van der Waals surface area contributed by atoms with E-state index in [0.717, 1.165) is 0 Å². The average molecular weight is 266 g/mol. The molecule has 19 heavy (non-hydrogen) atoms. The van der Waals surface area contributed by atoms with Crippen LogP contribution < -0.4 is 9.47 Å². The van der Waals surface area contributed by atoms with Crippen molar-refractivity contribution in [2.45, 2.75) is 18.3 Å². The Bertz CT molecular complexity index is 544. The van der Waals surface area contributed by atoms with E-state index in [0.29, 0.717) is 24.2 Å². The maximum absolute atomic E-state index is 11.4. The number of ether oxygens (including phenoxy) is 2. The zero-order valence-electron chi connectivity index (χ0n) is 10.6. The molecule has 0 amide bonds. The van der Waals surface area contributed by atoms with Crippen molar-refractivity contribution in [1.82, 2.24) is 0 Å². The largest absolute Gasteiger partial charge is 0.496 e. The van der Waals surface area contributed by atoms with Crippen LogP contribution in [0.25, 0.3) is 0 Å². The van der Waals surface area contributed by atoms with Gasteiger partial charge in [-0.1, -0.05) is 0 Å². The molecule has 1 aliphatic rings. The molecule has 1 saturated carbocycles. The van der Waals surface area contributed by atoms with Gasteiger partial charge in [0.1, 0.15) is 17.1 Å². The molecule has 0 saturated heterocycles. The molecule has 0 radical (unpaired) electrons. The molecule has 6 heteroatoms. The van der Waals surface area contributed by atoms with Crippen molar-refractivity contribution in [3.05, 3.63) is 23.3 Å². The van der Waals surface area contributed by atoms with Gasteiger partial charge < -0.3 is 19.7 Å². The van der Waals surface area contributed by atoms with Gasteiger partial charge in [-0.05, 0) is 18.9 Å². The smallest absolute Gasteiger partial charge is 0.339 e. The van der Waals surface area contributed by atoms with Crippen LogP contribution in [-0.4, -0.2) is 36.4 Å². The van der Waals surface area contributed by atoms with Crippen LogP contribution in [0.15, 0.2) is 12.1 Å². The number of hydrogen-bond donors (Lipinski definition) is 2. The lowest BCUT2D eigenvalue weighted by Gasteiger charge is -2.17. The second-order valence-corrected chi connectivity index (χ2v) is 4.45. The Morgan fingerprint density at radius 3 is 2.05 bits per heavy atom. The molecule has 102 valence electrons. The molecule has 0 bridgehead atoms. The highest BCUT2D eigenvalue weighted by Crippen LogP contribution is 2.52. The van der Waals surface area contributed by atoms with Gasteiger partial charge in [-0.15, -0.1) is 0 Å². The molecule has 1 aromatic carbocycles. The van der Waals surface area contributed by atoms with Crippen LogP contribution in [0, 0.1) is 0 Å². The highest BCUT2D eigenvalue weighted by molar-refractivity contribution is 5.93. The minimum absolute atomic E-state index is 0.0641. The fourth-order valence-corrected chi connectivity index (χ4v) is 2.16. The first-order valence-corrected chi connectivity index (χ1v) is 5.69. The zero-order valence-corrected chi connectivity index (χ0v) is 10.6. The number of aliphatic carboxylic acids is 1. The highest BCUT2D eigenvalue weighted by Gasteiger charge is 2.53. The fraction of sp³-hybridized carbons (Fsp3) is 0.385. The van der Waals surface area contributed by atoms with Gasteiger partial charge in [0.05, 0.1) is 19.6 Å². The van der Waals surface area contributed by atoms with Gasteiger partial charge in [0.15, 0.2) is 0 Å². The molecular formula is C13H14O6. The summed E-state index contributed by atoms with van der Waals surface area (Å²) in [5, 5.41) is 18.4. The summed E-state index contributed by atoms with van der Waals surface area (Å²) >= 11 is 0. The normalized spacial score (nSPS) is 15.7. The summed E-state index contributed by atoms with van der Waals surface area (Å²) in [5.74, 6) is -1.65. The number of carboxylic acids is 2. The molecule has 0 aliphatic heterocycles. The van der Waals surface area contributed by atoms with E-state index in [1.54, 1.807) is 0 Å². The van der Waals surface area contributed by atoms with Gasteiger partial charge in [-0.2, -0.15) is 0 Å². The molecule has 6 nitrogen and oxygen atoms in total. The molecule has 1 aromatic rings. The van der Waals surface area contributed by atoms with E-state index >= 15 is 0 Å². The van der Waals surface area contributed by atoms with Gasteiger partial charge in [-0.25, -0.2) is 4.79 Å². The third-order valence-corrected chi connectivity index (χ3v) is 3.43. The molecule has 1 fully saturated rings. The minimum Gasteiger partial charge on any atom is -0.496 e. The third-order valence-electron chi connectivity index (χ3n) is 3.43. The van der Waals surface area contributed by atoms with Crippen LogP contribution in [0.4, 0.5) is 0 Å². The number of aromatic carboxylic acids is 1. The Hall–Kier alpha value is -2.24. The molecule has 0 heterocycles. The monoisotopic (exact) mass is 266 g/mol. The van der Waals surface area contributed by atoms with Gasteiger partial charge in [0.25, 0.3) is 0 Å². The first-order valence-electron chi connectivity index (χ1n) is 5.69. The number of carboxylic acid groups (broad SMARTS) is 2. The molecule has 2 N–H and O–H groups in total. The summed E-state index contributed by atoms with van der Waals surface area (Å²) in [7, 11) is 2.77. The van der Waals surface area contributed by atoms with Crippen LogP contribution in [0.1, 0.15) is 28.8 Å². The van der Waals surface area contributed by atoms with Crippen molar-refractivity contribution in [2.24, 2.45) is 0 Å². The lowest BCUT2D eigenvalue weighted by Crippen LogP contribution is -2.21. The molecule has 0 unspecified atom stereocenters. The van der Waals surface area contributed by atoms with E-state index in [1.807, 2.05) is 0 Å². The van der Waals surface area contributed by atoms with Crippen molar-refractivity contribution >= 4 is 11.9 Å². The Kier molecular flexibility index (Phi) is 3.09. The molecule has 1 aliphatic carbocycles. The van der Waals surface area contributed by atoms with Gasteiger partial charge in [-0.3, -0.25) is 4.79 Å². The van der Waals surface area contributed by atoms with E-state index in [9.17, 15) is 14.7 Å². The summed E-state index contributed by atoms with van der Waals surface area (Å²) in [6.45, 7) is 0. The van der Waals surface area contributed by atoms with Crippen LogP contribution >= 0.6 is 0 Å². The van der Waals surface area contributed by atoms with Crippen molar-refractivity contribution in [3.8, 4) is 11.5 Å². The van der Waals surface area contributed by atoms with E-state index in [2.05, 4.69) is 0 Å². The molecule has 2 rings (SSSR count). The lowest BCUT2D eigenvalue weighted by molar-refractivity contribution is -0.140. The first-order chi connectivity index (χ1) is 8.96. The van der Waals surface area contributed by atoms with Crippen molar-refractivity contribution in [3.63, 3.8) is 0 Å². The van der Waals surface area contributed by atoms with Crippen LogP contribution in [0.3, 0.4) is 0 Å². The fourth-order valence-electron chi connectivity index (χ4n) is 2.16. The maximum Gasteiger partial charge on any atom is 0.339 e. The maximum atomic E-state index is 11.4. The number of benzene rings is 1. The second kappa shape index (κ2) is 4.46. The van der Waals surface area contributed by atoms with Crippen molar-refractivity contribution in [2.75, 3.05) is 14.2 Å². The Morgan fingerprint density at radius 1 is 1.11 bits per heavy atom. The summed E-state index contributed by atoms with van der Waals surface area (Å²) in [4.78, 5) is 22.5. The van der Waals surface area contributed by atoms with Crippen LogP contribution in [0.5, 0.6) is 11.5 Å². The van der Waals surface area contributed by atoms with Crippen LogP contribution in [0.2, 0.25) is 0 Å². The number of carbonyl (C=O) groups is 2. The summed E-state index contributed by atoms with van der Waals surface area (Å²) in [6.07, 6.45) is 0.953. The SMILES string of the molecule is COc1cc(OC)c(C2(C(=O)O)CC2)cc1C(=O)O. The van der Waals surface area contributed by atoms with Gasteiger partial charge in [0.2, 0.25) is 0 Å². The van der Waals surface area contributed by atoms with E-state index < -0.39 is 17.4 Å². The van der Waals surface area contributed by atoms with Crippen molar-refractivity contribution < 1.29 is 29.3 Å². The first kappa shape index (κ1) is 13.2. The van der Waals surface area contributed by atoms with E-state index in [4.69, 9.17) is 14.6 Å². The minimum atomic E-state index is -1.16. The predicted molar refractivity (Wildman–Crippen MR) is 65.1 cm³/mol. The predicted octanol–water partition coefficient (Wildman–Crippen LogP) is 1.52. The van der Waals surface area contributed by atoms with E-state index in [1.165, 1.54) is 26.4 Å². The second-order valence-electron chi connectivity index (χ2n) is 4.45. The topological polar surface area (TPSA) is 93.1 Å². The Balaban J connectivity index is 2.63. The number of rotatable bonds is 5. The quantitative estimate of drug-likeness (QED) is 0.839. The lowest BCUT2D eigenvalue weighted by atomic mass is 9.93. The van der Waals surface area contributed by atoms with Crippen molar-refractivity contribution in [1.29, 1.82) is 0 Å². The van der Waals surface area contributed by atoms with E-state index in [-0.39, 0.29) is 11.3 Å². The number of methoxy groups -OCH3 is 2. The summed E-state index contributed by atoms with van der Waals surface area (Å²) in [5.41, 5.74) is -0.700. The summed E-state index contributed by atoms with van der Waals surface area (Å²) < 4.78 is 10.2. The highest BCUT2D eigenvalue weighted by atomic mass is 16.5. The van der Waals surface area contributed by atoms with Gasteiger partial charge in [0, 0.05) is 11.6 Å². The average Bonchev–Trinajstić information content (AvgIpc) is 3.18. The molecule has 0 aromatic heterocycles. The van der Waals surface area contributed by atoms with Crippen LogP contribution in [-0.2, 0) is 10.2 Å². The molecule has 0 spiro atoms. The third kappa shape index (κ3) is 1.99.